The number of hydrogen-bond acceptors (Lipinski definition) is 5. The summed E-state index contributed by atoms with van der Waals surface area (Å²) in [6, 6.07) is 10.4. The number of rotatable bonds is 5. The fourth-order valence-electron chi connectivity index (χ4n) is 2.69. The van der Waals surface area contributed by atoms with Crippen LogP contribution in [-0.4, -0.2) is 50.0 Å². The molecule has 7 heteroatoms. The Bertz CT molecular complexity index is 660. The summed E-state index contributed by atoms with van der Waals surface area (Å²) in [6.07, 6.45) is 2.62. The molecule has 1 N–H and O–H groups in total. The van der Waals surface area contributed by atoms with Gasteiger partial charge in [-0.3, -0.25) is 4.79 Å². The lowest BCUT2D eigenvalue weighted by atomic mass is 10.2. The van der Waals surface area contributed by atoms with Crippen LogP contribution < -0.4 is 5.32 Å². The van der Waals surface area contributed by atoms with Crippen molar-refractivity contribution in [3.8, 4) is 0 Å². The molecule has 0 aliphatic carbocycles. The summed E-state index contributed by atoms with van der Waals surface area (Å²) in [7, 11) is 1.88. The van der Waals surface area contributed by atoms with Crippen LogP contribution in [-0.2, 0) is 11.8 Å². The minimum absolute atomic E-state index is 0.159. The summed E-state index contributed by atoms with van der Waals surface area (Å²) in [5.41, 5.74) is 1.10. The van der Waals surface area contributed by atoms with Gasteiger partial charge in [-0.2, -0.15) is 0 Å². The molecule has 1 aliphatic heterocycles. The van der Waals surface area contributed by atoms with Gasteiger partial charge in [0, 0.05) is 31.9 Å². The summed E-state index contributed by atoms with van der Waals surface area (Å²) in [5, 5.41) is 12.0. The highest BCUT2D eigenvalue weighted by Gasteiger charge is 2.30. The van der Waals surface area contributed by atoms with E-state index in [2.05, 4.69) is 27.6 Å². The molecule has 0 spiro atoms. The Morgan fingerprint density at radius 2 is 2.17 bits per heavy atom. The van der Waals surface area contributed by atoms with Crippen molar-refractivity contribution < 1.29 is 4.79 Å². The van der Waals surface area contributed by atoms with E-state index in [0.717, 1.165) is 30.4 Å². The number of thioether (sulfide) groups is 1. The maximum atomic E-state index is 12.6. The van der Waals surface area contributed by atoms with E-state index in [1.54, 1.807) is 6.33 Å². The molecule has 1 aliphatic rings. The zero-order valence-corrected chi connectivity index (χ0v) is 14.2. The normalized spacial score (nSPS) is 18.9. The average molecular weight is 331 g/mol. The maximum Gasteiger partial charge on any atom is 0.235 e. The lowest BCUT2D eigenvalue weighted by molar-refractivity contribution is -0.129. The van der Waals surface area contributed by atoms with Gasteiger partial charge in [0.05, 0.1) is 5.25 Å². The van der Waals surface area contributed by atoms with Crippen LogP contribution in [0.4, 0.5) is 5.69 Å². The second kappa shape index (κ2) is 7.04. The van der Waals surface area contributed by atoms with Crippen molar-refractivity contribution in [2.45, 2.75) is 29.8 Å². The number of aromatic nitrogens is 3. The number of nitrogens with zero attached hydrogens (tertiary/aromatic N) is 4. The predicted molar refractivity (Wildman–Crippen MR) is 91.4 cm³/mol. The lowest BCUT2D eigenvalue weighted by Gasteiger charge is -2.21. The molecule has 1 fully saturated rings. The quantitative estimate of drug-likeness (QED) is 0.849. The number of benzene rings is 1. The van der Waals surface area contributed by atoms with Gasteiger partial charge in [-0.25, -0.2) is 0 Å². The van der Waals surface area contributed by atoms with Gasteiger partial charge in [-0.1, -0.05) is 30.0 Å². The molecule has 1 saturated heterocycles. The van der Waals surface area contributed by atoms with Gasteiger partial charge in [0.2, 0.25) is 5.91 Å². The molecule has 1 aromatic carbocycles. The molecule has 3 rings (SSSR count). The van der Waals surface area contributed by atoms with Crippen LogP contribution in [0.5, 0.6) is 0 Å². The zero-order valence-electron chi connectivity index (χ0n) is 13.3. The predicted octanol–water partition coefficient (Wildman–Crippen LogP) is 2.01. The number of para-hydroxylation sites is 1. The van der Waals surface area contributed by atoms with Gasteiger partial charge in [-0.15, -0.1) is 10.2 Å². The Hall–Kier alpha value is -2.02. The highest BCUT2D eigenvalue weighted by molar-refractivity contribution is 8.00. The van der Waals surface area contributed by atoms with Crippen molar-refractivity contribution in [3.05, 3.63) is 36.7 Å². The largest absolute Gasteiger partial charge is 0.380 e. The first-order chi connectivity index (χ1) is 11.1. The first-order valence-electron chi connectivity index (χ1n) is 7.74. The number of carbonyl (C=O) groups excluding carboxylic acids is 1. The van der Waals surface area contributed by atoms with Crippen LogP contribution in [0.3, 0.4) is 0 Å². The first kappa shape index (κ1) is 15.9. The smallest absolute Gasteiger partial charge is 0.235 e. The van der Waals surface area contributed by atoms with Crippen LogP contribution in [0.1, 0.15) is 13.3 Å². The molecule has 1 aromatic heterocycles. The van der Waals surface area contributed by atoms with Gasteiger partial charge >= 0.3 is 0 Å². The molecular formula is C16H21N5OS. The van der Waals surface area contributed by atoms with Gasteiger partial charge < -0.3 is 14.8 Å². The van der Waals surface area contributed by atoms with Crippen molar-refractivity contribution in [3.63, 3.8) is 0 Å². The van der Waals surface area contributed by atoms with Crippen LogP contribution in [0.2, 0.25) is 0 Å². The number of amides is 1. The molecule has 1 amide bonds. The second-order valence-electron chi connectivity index (χ2n) is 5.76. The number of anilines is 1. The Labute approximate surface area is 140 Å². The molecule has 2 atom stereocenters. The van der Waals surface area contributed by atoms with Crippen molar-refractivity contribution in [2.75, 3.05) is 18.4 Å². The Kier molecular flexibility index (Phi) is 4.85. The van der Waals surface area contributed by atoms with E-state index in [0.29, 0.717) is 6.04 Å². The lowest BCUT2D eigenvalue weighted by Crippen LogP contribution is -2.36. The van der Waals surface area contributed by atoms with Crippen molar-refractivity contribution >= 4 is 23.4 Å². The molecular weight excluding hydrogens is 310 g/mol. The van der Waals surface area contributed by atoms with Gasteiger partial charge in [0.1, 0.15) is 6.33 Å². The third kappa shape index (κ3) is 3.85. The topological polar surface area (TPSA) is 63.1 Å². The van der Waals surface area contributed by atoms with E-state index < -0.39 is 0 Å². The third-order valence-electron chi connectivity index (χ3n) is 3.94. The number of likely N-dealkylation sites (tertiary alicyclic amines) is 1. The van der Waals surface area contributed by atoms with Gasteiger partial charge in [0.25, 0.3) is 0 Å². The second-order valence-corrected chi connectivity index (χ2v) is 7.07. The van der Waals surface area contributed by atoms with E-state index in [9.17, 15) is 4.79 Å². The molecule has 0 unspecified atom stereocenters. The average Bonchev–Trinajstić information content (AvgIpc) is 3.17. The molecule has 2 aromatic rings. The summed E-state index contributed by atoms with van der Waals surface area (Å²) in [6.45, 7) is 3.48. The number of aryl methyl sites for hydroxylation is 1. The fraction of sp³-hybridized carbons (Fsp3) is 0.438. The summed E-state index contributed by atoms with van der Waals surface area (Å²) in [5.74, 6) is 0.162. The van der Waals surface area contributed by atoms with Gasteiger partial charge in [-0.05, 0) is 25.5 Å². The van der Waals surface area contributed by atoms with E-state index in [1.165, 1.54) is 11.8 Å². The molecule has 122 valence electrons. The molecule has 2 heterocycles. The van der Waals surface area contributed by atoms with Crippen LogP contribution in [0.25, 0.3) is 0 Å². The Morgan fingerprint density at radius 1 is 1.39 bits per heavy atom. The van der Waals surface area contributed by atoms with Crippen molar-refractivity contribution in [2.24, 2.45) is 7.05 Å². The van der Waals surface area contributed by atoms with Gasteiger partial charge in [0.15, 0.2) is 5.16 Å². The number of nitrogens with one attached hydrogen (secondary N) is 1. The van der Waals surface area contributed by atoms with Crippen LogP contribution >= 0.6 is 11.8 Å². The van der Waals surface area contributed by atoms with E-state index >= 15 is 0 Å². The van der Waals surface area contributed by atoms with Crippen molar-refractivity contribution in [1.29, 1.82) is 0 Å². The molecule has 0 bridgehead atoms. The third-order valence-corrected chi connectivity index (χ3v) is 5.08. The maximum absolute atomic E-state index is 12.6. The summed E-state index contributed by atoms with van der Waals surface area (Å²) >= 11 is 1.45. The SMILES string of the molecule is C[C@H](Sc1nncn1C)C(=O)N1CC[C@@H](Nc2ccccc2)C1. The highest BCUT2D eigenvalue weighted by atomic mass is 32.2. The molecule has 0 saturated carbocycles. The minimum Gasteiger partial charge on any atom is -0.380 e. The molecule has 6 nitrogen and oxygen atoms in total. The summed E-state index contributed by atoms with van der Waals surface area (Å²) < 4.78 is 1.83. The fourth-order valence-corrected chi connectivity index (χ4v) is 3.57. The van der Waals surface area contributed by atoms with E-state index in [-0.39, 0.29) is 11.2 Å². The van der Waals surface area contributed by atoms with Crippen LogP contribution in [0.15, 0.2) is 41.8 Å². The summed E-state index contributed by atoms with van der Waals surface area (Å²) in [4.78, 5) is 14.5. The highest BCUT2D eigenvalue weighted by Crippen LogP contribution is 2.24. The molecule has 0 radical (unpaired) electrons. The van der Waals surface area contributed by atoms with E-state index in [4.69, 9.17) is 0 Å². The zero-order chi connectivity index (χ0) is 16.2. The Balaban J connectivity index is 1.53. The van der Waals surface area contributed by atoms with Crippen molar-refractivity contribution in [1.82, 2.24) is 19.7 Å². The van der Waals surface area contributed by atoms with E-state index in [1.807, 2.05) is 41.6 Å². The number of hydrogen-bond donors (Lipinski definition) is 1. The number of carbonyl (C=O) groups is 1. The van der Waals surface area contributed by atoms with Crippen LogP contribution in [0, 0.1) is 0 Å². The standard InChI is InChI=1S/C16H21N5OS/c1-12(23-16-19-17-11-20(16)2)15(22)21-9-8-14(10-21)18-13-6-4-3-5-7-13/h3-7,11-12,14,18H,8-10H2,1-2H3/t12-,14+/m0/s1. The molecule has 23 heavy (non-hydrogen) atoms. The monoisotopic (exact) mass is 331 g/mol. The minimum atomic E-state index is -0.159. The Morgan fingerprint density at radius 3 is 2.87 bits per heavy atom. The first-order valence-corrected chi connectivity index (χ1v) is 8.62.